The molecule has 0 saturated carbocycles. The van der Waals surface area contributed by atoms with E-state index in [1.54, 1.807) is 0 Å². The summed E-state index contributed by atoms with van der Waals surface area (Å²) in [5.74, 6) is 0.00274. The Hall–Kier alpha value is -1.36. The van der Waals surface area contributed by atoms with Crippen LogP contribution in [0.5, 0.6) is 0 Å². The van der Waals surface area contributed by atoms with Gasteiger partial charge in [0.25, 0.3) is 5.91 Å². The molecule has 0 radical (unpaired) electrons. The summed E-state index contributed by atoms with van der Waals surface area (Å²) in [5, 5.41) is 10.1. The molecule has 5 nitrogen and oxygen atoms in total. The van der Waals surface area contributed by atoms with E-state index in [1.165, 1.54) is 0 Å². The molecule has 0 bridgehead atoms. The van der Waals surface area contributed by atoms with Gasteiger partial charge >= 0.3 is 0 Å². The highest BCUT2D eigenvalue weighted by molar-refractivity contribution is 5.96. The number of hydrogen-bond donors (Lipinski definition) is 2. The van der Waals surface area contributed by atoms with Crippen LogP contribution in [-0.4, -0.2) is 45.7 Å². The van der Waals surface area contributed by atoms with Gasteiger partial charge in [-0.15, -0.1) is 0 Å². The topological polar surface area (TPSA) is 61.0 Å². The molecule has 20 heavy (non-hydrogen) atoms. The lowest BCUT2D eigenvalue weighted by atomic mass is 9.98. The van der Waals surface area contributed by atoms with Crippen molar-refractivity contribution in [2.75, 3.05) is 13.1 Å². The number of likely N-dealkylation sites (tertiary alicyclic amines) is 1. The van der Waals surface area contributed by atoms with Crippen LogP contribution in [0.3, 0.4) is 0 Å². The number of hydrogen-bond acceptors (Lipinski definition) is 3. The molecule has 1 aromatic rings. The summed E-state index contributed by atoms with van der Waals surface area (Å²) in [6.07, 6.45) is 2.03. The van der Waals surface area contributed by atoms with E-state index in [0.717, 1.165) is 37.3 Å². The second-order valence-electron chi connectivity index (χ2n) is 6.71. The van der Waals surface area contributed by atoms with Gasteiger partial charge in [-0.3, -0.25) is 14.8 Å². The van der Waals surface area contributed by atoms with Crippen molar-refractivity contribution in [2.24, 2.45) is 0 Å². The third-order valence-corrected chi connectivity index (χ3v) is 4.13. The largest absolute Gasteiger partial charge is 0.349 e. The van der Waals surface area contributed by atoms with Crippen LogP contribution in [0.25, 0.3) is 0 Å². The molecule has 1 fully saturated rings. The van der Waals surface area contributed by atoms with Gasteiger partial charge in [0.1, 0.15) is 0 Å². The maximum Gasteiger partial charge on any atom is 0.255 e. The molecule has 1 amide bonds. The average molecular weight is 278 g/mol. The zero-order valence-corrected chi connectivity index (χ0v) is 13.2. The predicted octanol–water partition coefficient (Wildman–Crippen LogP) is 2.02. The molecule has 2 heterocycles. The van der Waals surface area contributed by atoms with Crippen molar-refractivity contribution < 1.29 is 4.79 Å². The van der Waals surface area contributed by atoms with E-state index < -0.39 is 0 Å². The molecular weight excluding hydrogens is 252 g/mol. The fraction of sp³-hybridized carbons (Fsp3) is 0.733. The van der Waals surface area contributed by atoms with E-state index in [0.29, 0.717) is 5.56 Å². The van der Waals surface area contributed by atoms with E-state index in [2.05, 4.69) is 41.2 Å². The number of nitrogens with one attached hydrogen (secondary N) is 2. The van der Waals surface area contributed by atoms with Gasteiger partial charge in [-0.1, -0.05) is 0 Å². The van der Waals surface area contributed by atoms with Crippen molar-refractivity contribution in [3.8, 4) is 0 Å². The Bertz CT molecular complexity index is 459. The van der Waals surface area contributed by atoms with E-state index >= 15 is 0 Å². The lowest BCUT2D eigenvalue weighted by Crippen LogP contribution is -2.50. The minimum Gasteiger partial charge on any atom is -0.349 e. The summed E-state index contributed by atoms with van der Waals surface area (Å²) in [6, 6.07) is 0.273. The van der Waals surface area contributed by atoms with Gasteiger partial charge in [0, 0.05) is 30.4 Å². The van der Waals surface area contributed by atoms with E-state index in [1.807, 2.05) is 13.8 Å². The fourth-order valence-corrected chi connectivity index (χ4v) is 2.84. The maximum atomic E-state index is 12.3. The number of carbonyl (C=O) groups excluding carboxylic acids is 1. The molecule has 112 valence electrons. The van der Waals surface area contributed by atoms with Crippen LogP contribution >= 0.6 is 0 Å². The smallest absolute Gasteiger partial charge is 0.255 e. The van der Waals surface area contributed by atoms with Crippen LogP contribution < -0.4 is 5.32 Å². The molecule has 1 aliphatic heterocycles. The monoisotopic (exact) mass is 278 g/mol. The molecule has 2 rings (SSSR count). The van der Waals surface area contributed by atoms with Crippen LogP contribution in [0.1, 0.15) is 55.4 Å². The highest BCUT2D eigenvalue weighted by atomic mass is 16.1. The van der Waals surface area contributed by atoms with Gasteiger partial charge in [-0.2, -0.15) is 5.10 Å². The third kappa shape index (κ3) is 3.20. The molecule has 1 saturated heterocycles. The third-order valence-electron chi connectivity index (χ3n) is 4.13. The first-order valence-corrected chi connectivity index (χ1v) is 7.36. The van der Waals surface area contributed by atoms with Gasteiger partial charge in [0.2, 0.25) is 0 Å². The number of aromatic nitrogens is 2. The molecule has 0 aliphatic carbocycles. The van der Waals surface area contributed by atoms with Gasteiger partial charge in [0.15, 0.2) is 0 Å². The zero-order chi connectivity index (χ0) is 14.9. The Balaban J connectivity index is 1.92. The molecule has 2 N–H and O–H groups in total. The average Bonchev–Trinajstić information content (AvgIpc) is 2.68. The Morgan fingerprint density at radius 1 is 1.30 bits per heavy atom. The molecule has 1 aromatic heterocycles. The van der Waals surface area contributed by atoms with Crippen molar-refractivity contribution >= 4 is 5.91 Å². The van der Waals surface area contributed by atoms with E-state index in [4.69, 9.17) is 0 Å². The summed E-state index contributed by atoms with van der Waals surface area (Å²) in [6.45, 7) is 12.5. The summed E-state index contributed by atoms with van der Waals surface area (Å²) >= 11 is 0. The molecule has 0 unspecified atom stereocenters. The highest BCUT2D eigenvalue weighted by Gasteiger charge is 2.28. The molecule has 1 aliphatic rings. The summed E-state index contributed by atoms with van der Waals surface area (Å²) in [7, 11) is 0. The minimum absolute atomic E-state index is 0.00274. The first kappa shape index (κ1) is 15.0. The van der Waals surface area contributed by atoms with Crippen molar-refractivity contribution in [1.29, 1.82) is 0 Å². The fourth-order valence-electron chi connectivity index (χ4n) is 2.84. The standard InChI is InChI=1S/C15H26N4O/c1-10-13(11(2)18-17-10)14(20)16-12-6-8-19(9-7-12)15(3,4)5/h12H,6-9H2,1-5H3,(H,16,20)(H,17,18). The van der Waals surface area contributed by atoms with Gasteiger partial charge < -0.3 is 5.32 Å². The lowest BCUT2D eigenvalue weighted by molar-refractivity contribution is 0.0812. The predicted molar refractivity (Wildman–Crippen MR) is 79.9 cm³/mol. The Kier molecular flexibility index (Phi) is 4.18. The summed E-state index contributed by atoms with van der Waals surface area (Å²) in [5.41, 5.74) is 2.52. The summed E-state index contributed by atoms with van der Waals surface area (Å²) < 4.78 is 0. The van der Waals surface area contributed by atoms with Crippen LogP contribution in [0.4, 0.5) is 0 Å². The van der Waals surface area contributed by atoms with Crippen LogP contribution in [-0.2, 0) is 0 Å². The Labute approximate surface area is 121 Å². The first-order chi connectivity index (χ1) is 9.29. The number of nitrogens with zero attached hydrogens (tertiary/aromatic N) is 2. The number of carbonyl (C=O) groups is 1. The molecule has 0 aromatic carbocycles. The maximum absolute atomic E-state index is 12.3. The number of aryl methyl sites for hydroxylation is 2. The molecular formula is C15H26N4O. The zero-order valence-electron chi connectivity index (χ0n) is 13.2. The van der Waals surface area contributed by atoms with Crippen molar-refractivity contribution in [3.63, 3.8) is 0 Å². The van der Waals surface area contributed by atoms with Crippen molar-refractivity contribution in [1.82, 2.24) is 20.4 Å². The Morgan fingerprint density at radius 3 is 2.35 bits per heavy atom. The molecule has 5 heteroatoms. The second kappa shape index (κ2) is 5.56. The van der Waals surface area contributed by atoms with Crippen molar-refractivity contribution in [2.45, 2.75) is 59.0 Å². The highest BCUT2D eigenvalue weighted by Crippen LogP contribution is 2.20. The minimum atomic E-state index is 0.00274. The number of piperidine rings is 1. The van der Waals surface area contributed by atoms with Crippen molar-refractivity contribution in [3.05, 3.63) is 17.0 Å². The van der Waals surface area contributed by atoms with E-state index in [9.17, 15) is 4.79 Å². The summed E-state index contributed by atoms with van der Waals surface area (Å²) in [4.78, 5) is 14.8. The normalized spacial score (nSPS) is 18.2. The van der Waals surface area contributed by atoms with Gasteiger partial charge in [-0.25, -0.2) is 0 Å². The van der Waals surface area contributed by atoms with E-state index in [-0.39, 0.29) is 17.5 Å². The van der Waals surface area contributed by atoms with Crippen LogP contribution in [0.2, 0.25) is 0 Å². The Morgan fingerprint density at radius 2 is 1.90 bits per heavy atom. The first-order valence-electron chi connectivity index (χ1n) is 7.36. The molecule has 0 atom stereocenters. The number of rotatable bonds is 2. The number of amides is 1. The SMILES string of the molecule is Cc1n[nH]c(C)c1C(=O)NC1CCN(C(C)(C)C)CC1. The molecule has 0 spiro atoms. The van der Waals surface area contributed by atoms with Crippen LogP contribution in [0, 0.1) is 13.8 Å². The van der Waals surface area contributed by atoms with Crippen LogP contribution in [0.15, 0.2) is 0 Å². The number of aromatic amines is 1. The lowest BCUT2D eigenvalue weighted by Gasteiger charge is -2.41. The van der Waals surface area contributed by atoms with Gasteiger partial charge in [0.05, 0.1) is 11.3 Å². The number of H-pyrrole nitrogens is 1. The second-order valence-corrected chi connectivity index (χ2v) is 6.71. The quantitative estimate of drug-likeness (QED) is 0.870. The van der Waals surface area contributed by atoms with Gasteiger partial charge in [-0.05, 0) is 47.5 Å².